The average molecular weight is 287 g/mol. The Morgan fingerprint density at radius 1 is 1.32 bits per heavy atom. The molecule has 0 spiro atoms. The molecule has 1 aromatic rings. The number of hydrogen-bond donors (Lipinski definition) is 2. The van der Waals surface area contributed by atoms with Crippen LogP contribution in [0.4, 0.5) is 5.69 Å². The first-order valence-electron chi connectivity index (χ1n) is 6.39. The van der Waals surface area contributed by atoms with Gasteiger partial charge in [0.05, 0.1) is 19.0 Å². The minimum atomic E-state index is -3.32. The molecule has 108 valence electrons. The number of rotatable bonds is 8. The van der Waals surface area contributed by atoms with Gasteiger partial charge >= 0.3 is 0 Å². The van der Waals surface area contributed by atoms with Crippen LogP contribution in [0.25, 0.3) is 0 Å². The lowest BCUT2D eigenvalue weighted by Gasteiger charge is -2.12. The molecule has 0 aliphatic carbocycles. The highest BCUT2D eigenvalue weighted by Gasteiger charge is 2.11. The van der Waals surface area contributed by atoms with Gasteiger partial charge < -0.3 is 9.84 Å². The molecule has 6 heteroatoms. The zero-order valence-electron chi connectivity index (χ0n) is 11.3. The van der Waals surface area contributed by atoms with E-state index in [0.29, 0.717) is 30.0 Å². The quantitative estimate of drug-likeness (QED) is 0.768. The molecular weight excluding hydrogens is 266 g/mol. The van der Waals surface area contributed by atoms with Gasteiger partial charge in [-0.25, -0.2) is 8.42 Å². The smallest absolute Gasteiger partial charge is 0.232 e. The summed E-state index contributed by atoms with van der Waals surface area (Å²) in [6, 6.07) is 4.88. The predicted molar refractivity (Wildman–Crippen MR) is 75.9 cm³/mol. The molecule has 0 aliphatic heterocycles. The Morgan fingerprint density at radius 2 is 2.05 bits per heavy atom. The molecule has 0 saturated heterocycles. The largest absolute Gasteiger partial charge is 0.494 e. The van der Waals surface area contributed by atoms with E-state index in [1.807, 2.05) is 13.8 Å². The van der Waals surface area contributed by atoms with Gasteiger partial charge in [0.25, 0.3) is 0 Å². The van der Waals surface area contributed by atoms with Crippen LogP contribution < -0.4 is 9.46 Å². The molecule has 0 unspecified atom stereocenters. The van der Waals surface area contributed by atoms with Gasteiger partial charge in [-0.2, -0.15) is 0 Å². The van der Waals surface area contributed by atoms with Crippen LogP contribution in [-0.4, -0.2) is 25.9 Å². The Morgan fingerprint density at radius 3 is 2.63 bits per heavy atom. The lowest BCUT2D eigenvalue weighted by Crippen LogP contribution is -2.16. The maximum atomic E-state index is 11.8. The molecule has 0 saturated carbocycles. The van der Waals surface area contributed by atoms with Crippen molar-refractivity contribution in [1.82, 2.24) is 0 Å². The summed E-state index contributed by atoms with van der Waals surface area (Å²) in [6.07, 6.45) is 1.45. The minimum Gasteiger partial charge on any atom is -0.494 e. The van der Waals surface area contributed by atoms with Gasteiger partial charge in [0.1, 0.15) is 5.75 Å². The average Bonchev–Trinajstić information content (AvgIpc) is 2.38. The molecule has 0 aliphatic rings. The van der Waals surface area contributed by atoms with Crippen LogP contribution in [0.1, 0.15) is 32.3 Å². The maximum absolute atomic E-state index is 11.8. The number of sulfonamides is 1. The van der Waals surface area contributed by atoms with E-state index in [1.165, 1.54) is 0 Å². The zero-order chi connectivity index (χ0) is 14.3. The Labute approximate surface area is 114 Å². The molecule has 0 heterocycles. The lowest BCUT2D eigenvalue weighted by atomic mass is 10.2. The number of anilines is 1. The van der Waals surface area contributed by atoms with Crippen molar-refractivity contribution in [3.63, 3.8) is 0 Å². The molecule has 0 fully saturated rings. The molecule has 1 rings (SSSR count). The molecule has 5 nitrogen and oxygen atoms in total. The fourth-order valence-electron chi connectivity index (χ4n) is 1.63. The van der Waals surface area contributed by atoms with Gasteiger partial charge in [0, 0.05) is 11.3 Å². The number of benzene rings is 1. The predicted octanol–water partition coefficient (Wildman–Crippen LogP) is 2.12. The fraction of sp³-hybridized carbons (Fsp3) is 0.538. The van der Waals surface area contributed by atoms with Gasteiger partial charge in [-0.15, -0.1) is 0 Å². The van der Waals surface area contributed by atoms with Crippen LogP contribution in [-0.2, 0) is 16.6 Å². The standard InChI is InChI=1S/C13H21NO4S/c1-3-5-8-19(16,17)14-12-6-7-13(18-4-2)11(9-12)10-15/h6-7,9,14-15H,3-5,8,10H2,1-2H3. The monoisotopic (exact) mass is 287 g/mol. The second kappa shape index (κ2) is 7.35. The molecule has 2 N–H and O–H groups in total. The molecule has 19 heavy (non-hydrogen) atoms. The van der Waals surface area contributed by atoms with Crippen LogP contribution in [0, 0.1) is 0 Å². The van der Waals surface area contributed by atoms with E-state index in [4.69, 9.17) is 4.74 Å². The van der Waals surface area contributed by atoms with Crippen LogP contribution >= 0.6 is 0 Å². The summed E-state index contributed by atoms with van der Waals surface area (Å²) >= 11 is 0. The van der Waals surface area contributed by atoms with Gasteiger partial charge in [-0.1, -0.05) is 13.3 Å². The molecule has 0 aromatic heterocycles. The van der Waals surface area contributed by atoms with E-state index in [2.05, 4.69) is 4.72 Å². The van der Waals surface area contributed by atoms with E-state index in [9.17, 15) is 13.5 Å². The third-order valence-corrected chi connectivity index (χ3v) is 3.94. The number of nitrogens with one attached hydrogen (secondary N) is 1. The Balaban J connectivity index is 2.85. The third kappa shape index (κ3) is 5.08. The second-order valence-electron chi connectivity index (χ2n) is 4.19. The number of unbranched alkanes of at least 4 members (excludes halogenated alkanes) is 1. The van der Waals surface area contributed by atoms with E-state index in [-0.39, 0.29) is 12.4 Å². The summed E-state index contributed by atoms with van der Waals surface area (Å²) in [5.41, 5.74) is 1.01. The summed E-state index contributed by atoms with van der Waals surface area (Å²) in [6.45, 7) is 4.09. The minimum absolute atomic E-state index is 0.102. The highest BCUT2D eigenvalue weighted by molar-refractivity contribution is 7.92. The van der Waals surface area contributed by atoms with Crippen molar-refractivity contribution in [2.45, 2.75) is 33.3 Å². The van der Waals surface area contributed by atoms with Crippen LogP contribution in [0.2, 0.25) is 0 Å². The number of aliphatic hydroxyl groups is 1. The summed E-state index contributed by atoms with van der Waals surface area (Å²) in [5, 5.41) is 9.25. The first-order valence-corrected chi connectivity index (χ1v) is 8.04. The molecule has 0 radical (unpaired) electrons. The number of aliphatic hydroxyl groups excluding tert-OH is 1. The van der Waals surface area contributed by atoms with Gasteiger partial charge in [0.15, 0.2) is 0 Å². The van der Waals surface area contributed by atoms with Crippen LogP contribution in [0.5, 0.6) is 5.75 Å². The van der Waals surface area contributed by atoms with Crippen molar-refractivity contribution in [2.75, 3.05) is 17.1 Å². The Hall–Kier alpha value is -1.27. The van der Waals surface area contributed by atoms with Crippen molar-refractivity contribution in [3.8, 4) is 5.75 Å². The van der Waals surface area contributed by atoms with Crippen LogP contribution in [0.15, 0.2) is 18.2 Å². The molecular formula is C13H21NO4S. The highest BCUT2D eigenvalue weighted by Crippen LogP contribution is 2.23. The van der Waals surface area contributed by atoms with Crippen molar-refractivity contribution in [3.05, 3.63) is 23.8 Å². The first-order chi connectivity index (χ1) is 9.02. The topological polar surface area (TPSA) is 75.6 Å². The third-order valence-electron chi connectivity index (χ3n) is 2.57. The molecule has 0 bridgehead atoms. The molecule has 0 atom stereocenters. The fourth-order valence-corrected chi connectivity index (χ4v) is 2.88. The van der Waals surface area contributed by atoms with Gasteiger partial charge in [-0.3, -0.25) is 4.72 Å². The van der Waals surface area contributed by atoms with Crippen molar-refractivity contribution < 1.29 is 18.3 Å². The Bertz CT molecular complexity index is 499. The van der Waals surface area contributed by atoms with Crippen molar-refractivity contribution >= 4 is 15.7 Å². The first kappa shape index (κ1) is 15.8. The lowest BCUT2D eigenvalue weighted by molar-refractivity contribution is 0.267. The summed E-state index contributed by atoms with van der Waals surface area (Å²) in [7, 11) is -3.32. The SMILES string of the molecule is CCCCS(=O)(=O)Nc1ccc(OCC)c(CO)c1. The number of ether oxygens (including phenoxy) is 1. The van der Waals surface area contributed by atoms with E-state index >= 15 is 0 Å². The van der Waals surface area contributed by atoms with E-state index in [0.717, 1.165) is 6.42 Å². The normalized spacial score (nSPS) is 11.3. The summed E-state index contributed by atoms with van der Waals surface area (Å²) < 4.78 is 31.4. The molecule has 0 amide bonds. The van der Waals surface area contributed by atoms with Gasteiger partial charge in [0.2, 0.25) is 10.0 Å². The summed E-state index contributed by atoms with van der Waals surface area (Å²) in [4.78, 5) is 0. The zero-order valence-corrected chi connectivity index (χ0v) is 12.2. The van der Waals surface area contributed by atoms with E-state index < -0.39 is 10.0 Å². The Kier molecular flexibility index (Phi) is 6.11. The highest BCUT2D eigenvalue weighted by atomic mass is 32.2. The van der Waals surface area contributed by atoms with Crippen molar-refractivity contribution in [2.24, 2.45) is 0 Å². The number of hydrogen-bond acceptors (Lipinski definition) is 4. The maximum Gasteiger partial charge on any atom is 0.232 e. The van der Waals surface area contributed by atoms with Crippen LogP contribution in [0.3, 0.4) is 0 Å². The summed E-state index contributed by atoms with van der Waals surface area (Å²) in [5.74, 6) is 0.673. The molecule has 1 aromatic carbocycles. The second-order valence-corrected chi connectivity index (χ2v) is 6.03. The van der Waals surface area contributed by atoms with E-state index in [1.54, 1.807) is 18.2 Å². The van der Waals surface area contributed by atoms with Gasteiger partial charge in [-0.05, 0) is 31.5 Å². The van der Waals surface area contributed by atoms with Crippen molar-refractivity contribution in [1.29, 1.82) is 0 Å².